The van der Waals surface area contributed by atoms with Gasteiger partial charge >= 0.3 is 12.1 Å². The van der Waals surface area contributed by atoms with Crippen LogP contribution in [0.4, 0.5) is 4.79 Å². The van der Waals surface area contributed by atoms with Crippen LogP contribution in [0, 0.1) is 0 Å². The molecular formula is C16H21N5O4. The Kier molecular flexibility index (Phi) is 6.04. The topological polar surface area (TPSA) is 119 Å². The van der Waals surface area contributed by atoms with Gasteiger partial charge in [-0.15, -0.1) is 5.10 Å². The maximum absolute atomic E-state index is 12.4. The van der Waals surface area contributed by atoms with Crippen molar-refractivity contribution < 1.29 is 19.1 Å². The minimum atomic E-state index is -0.978. The van der Waals surface area contributed by atoms with Crippen molar-refractivity contribution in [2.45, 2.75) is 45.4 Å². The van der Waals surface area contributed by atoms with Gasteiger partial charge in [-0.3, -0.25) is 0 Å². The highest BCUT2D eigenvalue weighted by Gasteiger charge is 2.27. The monoisotopic (exact) mass is 347 g/mol. The maximum Gasteiger partial charge on any atom is 0.408 e. The molecule has 0 aliphatic carbocycles. The second kappa shape index (κ2) is 8.22. The summed E-state index contributed by atoms with van der Waals surface area (Å²) in [5.74, 6) is -0.260. The predicted octanol–water partition coefficient (Wildman–Crippen LogP) is 1.38. The highest BCUT2D eigenvalue weighted by atomic mass is 16.6. The van der Waals surface area contributed by atoms with E-state index in [-0.39, 0.29) is 13.0 Å². The summed E-state index contributed by atoms with van der Waals surface area (Å²) in [7, 11) is 0. The van der Waals surface area contributed by atoms with Gasteiger partial charge in [0, 0.05) is 6.42 Å². The molecule has 1 aromatic heterocycles. The van der Waals surface area contributed by atoms with Crippen LogP contribution >= 0.6 is 0 Å². The zero-order chi connectivity index (χ0) is 18.3. The number of hydrogen-bond donors (Lipinski definition) is 2. The van der Waals surface area contributed by atoms with E-state index in [2.05, 4.69) is 25.9 Å². The summed E-state index contributed by atoms with van der Waals surface area (Å²) in [6.07, 6.45) is -0.665. The average molecular weight is 347 g/mol. The van der Waals surface area contributed by atoms with Gasteiger partial charge in [0.25, 0.3) is 0 Å². The van der Waals surface area contributed by atoms with E-state index in [1.807, 2.05) is 30.3 Å². The van der Waals surface area contributed by atoms with Gasteiger partial charge in [-0.25, -0.2) is 14.7 Å². The molecule has 1 aromatic carbocycles. The molecule has 0 fully saturated rings. The van der Waals surface area contributed by atoms with E-state index in [1.165, 1.54) is 0 Å². The Balaban J connectivity index is 1.99. The first kappa shape index (κ1) is 18.4. The van der Waals surface area contributed by atoms with E-state index >= 15 is 0 Å². The Morgan fingerprint density at radius 1 is 1.24 bits per heavy atom. The second-order valence-corrected chi connectivity index (χ2v) is 6.34. The number of H-pyrrole nitrogens is 1. The number of nitrogens with zero attached hydrogens (tertiary/aromatic N) is 3. The normalized spacial score (nSPS) is 12.3. The molecule has 2 N–H and O–H groups in total. The number of alkyl carbamates (subject to hydrolysis) is 1. The molecule has 2 aromatic rings. The number of rotatable bonds is 6. The van der Waals surface area contributed by atoms with Crippen molar-refractivity contribution in [1.29, 1.82) is 0 Å². The smallest absolute Gasteiger partial charge is 0.408 e. The van der Waals surface area contributed by atoms with Crippen LogP contribution in [0.5, 0.6) is 0 Å². The number of ether oxygens (including phenoxy) is 2. The SMILES string of the molecule is CC(C)(C)OC(=O)N[C@@H](Cc1nnn[nH]1)C(=O)OCc1ccccc1. The lowest BCUT2D eigenvalue weighted by atomic mass is 10.2. The summed E-state index contributed by atoms with van der Waals surface area (Å²) in [5, 5.41) is 15.7. The molecule has 0 aliphatic rings. The first-order chi connectivity index (χ1) is 11.8. The fourth-order valence-electron chi connectivity index (χ4n) is 1.93. The molecule has 0 spiro atoms. The molecule has 9 heteroatoms. The number of amides is 1. The van der Waals surface area contributed by atoms with E-state index in [0.29, 0.717) is 5.82 Å². The molecule has 0 saturated carbocycles. The van der Waals surface area contributed by atoms with Gasteiger partial charge in [-0.1, -0.05) is 30.3 Å². The molecule has 1 amide bonds. The number of benzene rings is 1. The van der Waals surface area contributed by atoms with E-state index in [1.54, 1.807) is 20.8 Å². The summed E-state index contributed by atoms with van der Waals surface area (Å²) in [5.41, 5.74) is 0.157. The molecule has 0 unspecified atom stereocenters. The molecule has 2 rings (SSSR count). The molecule has 1 heterocycles. The van der Waals surface area contributed by atoms with Crippen LogP contribution in [0.3, 0.4) is 0 Å². The van der Waals surface area contributed by atoms with Gasteiger partial charge < -0.3 is 14.8 Å². The quantitative estimate of drug-likeness (QED) is 0.758. The fraction of sp³-hybridized carbons (Fsp3) is 0.438. The molecule has 134 valence electrons. The summed E-state index contributed by atoms with van der Waals surface area (Å²) in [4.78, 5) is 24.3. The standard InChI is InChI=1S/C16H21N5O4/c1-16(2,3)25-15(23)17-12(9-13-18-20-21-19-13)14(22)24-10-11-7-5-4-6-8-11/h4-8,12H,9-10H2,1-3H3,(H,17,23)(H,18,19,20,21)/t12-/m0/s1. The Morgan fingerprint density at radius 2 is 1.96 bits per heavy atom. The minimum Gasteiger partial charge on any atom is -0.459 e. The summed E-state index contributed by atoms with van der Waals surface area (Å²) in [6.45, 7) is 5.29. The lowest BCUT2D eigenvalue weighted by Crippen LogP contribution is -2.45. The lowest BCUT2D eigenvalue weighted by Gasteiger charge is -2.22. The average Bonchev–Trinajstić information content (AvgIpc) is 3.04. The van der Waals surface area contributed by atoms with Gasteiger partial charge in [0.05, 0.1) is 0 Å². The fourth-order valence-corrected chi connectivity index (χ4v) is 1.93. The van der Waals surface area contributed by atoms with Crippen LogP contribution in [0.25, 0.3) is 0 Å². The van der Waals surface area contributed by atoms with Crippen molar-refractivity contribution in [3.63, 3.8) is 0 Å². The summed E-state index contributed by atoms with van der Waals surface area (Å²) in [6, 6.07) is 8.26. The summed E-state index contributed by atoms with van der Waals surface area (Å²) < 4.78 is 10.5. The molecule has 0 saturated heterocycles. The third-order valence-corrected chi connectivity index (χ3v) is 2.99. The Bertz CT molecular complexity index is 682. The Hall–Kier alpha value is -2.97. The van der Waals surface area contributed by atoms with Gasteiger partial charge in [-0.05, 0) is 36.8 Å². The van der Waals surface area contributed by atoms with Gasteiger partial charge in [0.2, 0.25) is 0 Å². The molecule has 0 radical (unpaired) electrons. The van der Waals surface area contributed by atoms with Gasteiger partial charge in [-0.2, -0.15) is 0 Å². The predicted molar refractivity (Wildman–Crippen MR) is 87.3 cm³/mol. The zero-order valence-corrected chi connectivity index (χ0v) is 14.4. The third kappa shape index (κ3) is 6.58. The van der Waals surface area contributed by atoms with E-state index in [4.69, 9.17) is 9.47 Å². The van der Waals surface area contributed by atoms with Crippen molar-refractivity contribution in [1.82, 2.24) is 25.9 Å². The van der Waals surface area contributed by atoms with Crippen molar-refractivity contribution in [3.8, 4) is 0 Å². The van der Waals surface area contributed by atoms with Crippen LogP contribution in [0.15, 0.2) is 30.3 Å². The van der Waals surface area contributed by atoms with Crippen molar-refractivity contribution >= 4 is 12.1 Å². The minimum absolute atomic E-state index is 0.0554. The number of tetrazole rings is 1. The number of esters is 1. The number of nitrogens with one attached hydrogen (secondary N) is 2. The molecule has 9 nitrogen and oxygen atoms in total. The van der Waals surface area contributed by atoms with Crippen LogP contribution in [0.2, 0.25) is 0 Å². The highest BCUT2D eigenvalue weighted by Crippen LogP contribution is 2.08. The number of hydrogen-bond acceptors (Lipinski definition) is 7. The third-order valence-electron chi connectivity index (χ3n) is 2.99. The first-order valence-electron chi connectivity index (χ1n) is 7.76. The van der Waals surface area contributed by atoms with Crippen LogP contribution in [0.1, 0.15) is 32.2 Å². The van der Waals surface area contributed by atoms with Crippen LogP contribution < -0.4 is 5.32 Å². The number of carbonyl (C=O) groups excluding carboxylic acids is 2. The van der Waals surface area contributed by atoms with Crippen LogP contribution in [-0.4, -0.2) is 44.3 Å². The first-order valence-corrected chi connectivity index (χ1v) is 7.76. The number of aromatic amines is 1. The molecule has 1 atom stereocenters. The van der Waals surface area contributed by atoms with E-state index < -0.39 is 23.7 Å². The second-order valence-electron chi connectivity index (χ2n) is 6.34. The lowest BCUT2D eigenvalue weighted by molar-refractivity contribution is -0.147. The highest BCUT2D eigenvalue weighted by molar-refractivity contribution is 5.81. The van der Waals surface area contributed by atoms with Crippen LogP contribution in [-0.2, 0) is 27.3 Å². The maximum atomic E-state index is 12.4. The number of carbonyl (C=O) groups is 2. The van der Waals surface area contributed by atoms with E-state index in [9.17, 15) is 9.59 Å². The zero-order valence-electron chi connectivity index (χ0n) is 14.4. The van der Waals surface area contributed by atoms with E-state index in [0.717, 1.165) is 5.56 Å². The molecule has 0 aliphatic heterocycles. The summed E-state index contributed by atoms with van der Waals surface area (Å²) >= 11 is 0. The number of aromatic nitrogens is 4. The largest absolute Gasteiger partial charge is 0.459 e. The Morgan fingerprint density at radius 3 is 2.56 bits per heavy atom. The van der Waals surface area contributed by atoms with Gasteiger partial charge in [0.15, 0.2) is 5.82 Å². The Labute approximate surface area is 145 Å². The van der Waals surface area contributed by atoms with Gasteiger partial charge in [0.1, 0.15) is 18.2 Å². The molecule has 25 heavy (non-hydrogen) atoms. The van der Waals surface area contributed by atoms with Crippen molar-refractivity contribution in [3.05, 3.63) is 41.7 Å². The molecule has 0 bridgehead atoms. The van der Waals surface area contributed by atoms with Crippen molar-refractivity contribution in [2.75, 3.05) is 0 Å². The van der Waals surface area contributed by atoms with Crippen molar-refractivity contribution in [2.24, 2.45) is 0 Å². The molecular weight excluding hydrogens is 326 g/mol.